The average Bonchev–Trinajstić information content (AvgIpc) is 3.07. The quantitative estimate of drug-likeness (QED) is 0.317. The molecule has 0 saturated carbocycles. The number of benzene rings is 1. The lowest BCUT2D eigenvalue weighted by atomic mass is 9.93. The molecule has 206 valence electrons. The van der Waals surface area contributed by atoms with Crippen molar-refractivity contribution in [1.29, 1.82) is 0 Å². The smallest absolute Gasteiger partial charge is 0.338 e. The summed E-state index contributed by atoms with van der Waals surface area (Å²) in [5, 5.41) is 12.0. The number of ether oxygens (including phenoxy) is 2. The third-order valence-electron chi connectivity index (χ3n) is 6.85. The predicted molar refractivity (Wildman–Crippen MR) is 150 cm³/mol. The van der Waals surface area contributed by atoms with Crippen molar-refractivity contribution in [3.63, 3.8) is 0 Å². The lowest BCUT2D eigenvalue weighted by molar-refractivity contribution is -0.0681. The molecule has 1 saturated heterocycles. The van der Waals surface area contributed by atoms with Crippen molar-refractivity contribution >= 4 is 22.4 Å². The van der Waals surface area contributed by atoms with Crippen molar-refractivity contribution in [3.8, 4) is 11.5 Å². The van der Waals surface area contributed by atoms with Crippen LogP contribution in [-0.2, 0) is 13.9 Å². The van der Waals surface area contributed by atoms with Crippen LogP contribution in [-0.4, -0.2) is 61.4 Å². The van der Waals surface area contributed by atoms with Gasteiger partial charge < -0.3 is 19.0 Å². The van der Waals surface area contributed by atoms with E-state index in [1.165, 1.54) is 16.8 Å². The molecule has 2 heterocycles. The maximum Gasteiger partial charge on any atom is 0.338 e. The van der Waals surface area contributed by atoms with Crippen LogP contribution in [0.2, 0.25) is 37.8 Å². The summed E-state index contributed by atoms with van der Waals surface area (Å²) in [5.74, 6) is 2.44. The van der Waals surface area contributed by atoms with Crippen LogP contribution >= 0.6 is 0 Å². The van der Waals surface area contributed by atoms with E-state index in [4.69, 9.17) is 13.9 Å². The lowest BCUT2D eigenvalue weighted by Gasteiger charge is -2.42. The second-order valence-corrected chi connectivity index (χ2v) is 21.6. The molecule has 3 rings (SSSR count). The van der Waals surface area contributed by atoms with Crippen molar-refractivity contribution < 1.29 is 23.8 Å². The third kappa shape index (κ3) is 6.62. The van der Waals surface area contributed by atoms with E-state index in [2.05, 4.69) is 37.2 Å². The Balaban J connectivity index is 2.11. The van der Waals surface area contributed by atoms with Gasteiger partial charge in [-0.1, -0.05) is 64.5 Å². The van der Waals surface area contributed by atoms with Crippen molar-refractivity contribution in [2.75, 3.05) is 6.61 Å². The second-order valence-electron chi connectivity index (χ2n) is 12.1. The molecule has 0 unspecified atom stereocenters. The van der Waals surface area contributed by atoms with Gasteiger partial charge in [0.05, 0.1) is 5.56 Å². The molecule has 0 aliphatic carbocycles. The minimum absolute atomic E-state index is 0.238. The SMILES string of the molecule is CC(C)(C)[Si](C)(C)O[C@H]1[C@H](n2ccc(=O)[nH]c2=O)O[C@H](COC(=O)c2ccccc2)[C@]1(O)C#C[Si](C)(C)C. The highest BCUT2D eigenvalue weighted by molar-refractivity contribution is 6.83. The van der Waals surface area contributed by atoms with Crippen LogP contribution in [0.15, 0.2) is 52.2 Å². The second kappa shape index (κ2) is 10.8. The van der Waals surface area contributed by atoms with Crippen molar-refractivity contribution in [2.45, 2.75) is 82.6 Å². The number of H-pyrrole nitrogens is 1. The molecule has 11 heteroatoms. The molecule has 0 amide bonds. The molecule has 0 spiro atoms. The van der Waals surface area contributed by atoms with Crippen LogP contribution in [0, 0.1) is 11.5 Å². The fourth-order valence-corrected chi connectivity index (χ4v) is 5.50. The number of nitrogens with zero attached hydrogens (tertiary/aromatic N) is 1. The Labute approximate surface area is 225 Å². The van der Waals surface area contributed by atoms with Gasteiger partial charge in [-0.25, -0.2) is 9.59 Å². The summed E-state index contributed by atoms with van der Waals surface area (Å²) in [6, 6.07) is 9.68. The molecule has 1 aromatic carbocycles. The Bertz CT molecular complexity index is 1330. The van der Waals surface area contributed by atoms with Crippen LogP contribution < -0.4 is 11.2 Å². The number of rotatable bonds is 6. The van der Waals surface area contributed by atoms with E-state index in [0.29, 0.717) is 5.56 Å². The van der Waals surface area contributed by atoms with Crippen molar-refractivity contribution in [2.24, 2.45) is 0 Å². The Kier molecular flexibility index (Phi) is 8.45. The fraction of sp³-hybridized carbons (Fsp3) is 0.519. The summed E-state index contributed by atoms with van der Waals surface area (Å²) >= 11 is 0. The normalized spacial score (nSPS) is 24.0. The molecule has 38 heavy (non-hydrogen) atoms. The van der Waals surface area contributed by atoms with E-state index in [-0.39, 0.29) is 11.6 Å². The molecular formula is C27H38N2O7Si2. The molecule has 1 fully saturated rings. The number of aromatic amines is 1. The van der Waals surface area contributed by atoms with Crippen molar-refractivity contribution in [1.82, 2.24) is 9.55 Å². The summed E-state index contributed by atoms with van der Waals surface area (Å²) in [6.45, 7) is 16.0. The molecule has 0 bridgehead atoms. The molecule has 2 N–H and O–H groups in total. The van der Waals surface area contributed by atoms with Crippen LogP contribution in [0.5, 0.6) is 0 Å². The van der Waals surface area contributed by atoms with Gasteiger partial charge in [0.2, 0.25) is 0 Å². The Morgan fingerprint density at radius 2 is 1.76 bits per heavy atom. The summed E-state index contributed by atoms with van der Waals surface area (Å²) in [6.07, 6.45) is -2.05. The fourth-order valence-electron chi connectivity index (χ4n) is 3.64. The number of hydrogen-bond donors (Lipinski definition) is 2. The number of nitrogens with one attached hydrogen (secondary N) is 1. The largest absolute Gasteiger partial charge is 0.459 e. The molecule has 9 nitrogen and oxygen atoms in total. The van der Waals surface area contributed by atoms with E-state index in [1.54, 1.807) is 30.3 Å². The number of carbonyl (C=O) groups excluding carboxylic acids is 1. The first-order chi connectivity index (χ1) is 17.4. The number of carbonyl (C=O) groups is 1. The van der Waals surface area contributed by atoms with Gasteiger partial charge in [0.15, 0.2) is 20.1 Å². The summed E-state index contributed by atoms with van der Waals surface area (Å²) in [5.41, 5.74) is 0.378. The zero-order chi connectivity index (χ0) is 28.5. The van der Waals surface area contributed by atoms with Crippen LogP contribution in [0.1, 0.15) is 37.4 Å². The molecule has 1 aromatic heterocycles. The van der Waals surface area contributed by atoms with Gasteiger partial charge in [0.25, 0.3) is 5.56 Å². The van der Waals surface area contributed by atoms with Gasteiger partial charge in [-0.05, 0) is 30.3 Å². The van der Waals surface area contributed by atoms with E-state index in [9.17, 15) is 19.5 Å². The van der Waals surface area contributed by atoms with Gasteiger partial charge in [0, 0.05) is 12.3 Å². The number of esters is 1. The maximum atomic E-state index is 12.8. The standard InChI is InChI=1S/C27H38N2O7Si2/c1-26(2,3)38(7,8)36-22-23(29-16-14-21(30)28-25(29)32)35-20(27(22,33)15-17-37(4,5)6)18-34-24(31)19-12-10-9-11-13-19/h9-14,16,20,22-23,33H,18H2,1-8H3,(H,28,30,32)/t20-,22+,23-,27-/m1/s1. The summed E-state index contributed by atoms with van der Waals surface area (Å²) < 4.78 is 19.7. The summed E-state index contributed by atoms with van der Waals surface area (Å²) in [4.78, 5) is 39.5. The molecule has 1 aliphatic heterocycles. The van der Waals surface area contributed by atoms with Gasteiger partial charge in [0.1, 0.15) is 26.9 Å². The molecule has 2 aromatic rings. The van der Waals surface area contributed by atoms with Crippen LogP contribution in [0.4, 0.5) is 0 Å². The first kappa shape index (κ1) is 29.8. The molecule has 0 radical (unpaired) electrons. The molecule has 4 atom stereocenters. The Morgan fingerprint density at radius 1 is 1.13 bits per heavy atom. The number of aromatic nitrogens is 2. The summed E-state index contributed by atoms with van der Waals surface area (Å²) in [7, 11) is -4.54. The third-order valence-corrected chi connectivity index (χ3v) is 12.2. The van der Waals surface area contributed by atoms with Gasteiger partial charge in [-0.15, -0.1) is 5.54 Å². The minimum atomic E-state index is -2.56. The van der Waals surface area contributed by atoms with E-state index >= 15 is 0 Å². The van der Waals surface area contributed by atoms with E-state index in [1.807, 2.05) is 32.7 Å². The van der Waals surface area contributed by atoms with E-state index in [0.717, 1.165) is 0 Å². The highest BCUT2D eigenvalue weighted by Gasteiger charge is 2.60. The Morgan fingerprint density at radius 3 is 2.32 bits per heavy atom. The number of hydrogen-bond acceptors (Lipinski definition) is 7. The highest BCUT2D eigenvalue weighted by atomic mass is 28.4. The molecule has 1 aliphatic rings. The molecular weight excluding hydrogens is 520 g/mol. The van der Waals surface area contributed by atoms with Crippen LogP contribution in [0.3, 0.4) is 0 Å². The Hall–Kier alpha value is -2.76. The lowest BCUT2D eigenvalue weighted by Crippen LogP contribution is -2.56. The highest BCUT2D eigenvalue weighted by Crippen LogP contribution is 2.45. The maximum absolute atomic E-state index is 12.8. The van der Waals surface area contributed by atoms with Crippen LogP contribution in [0.25, 0.3) is 0 Å². The topological polar surface area (TPSA) is 120 Å². The van der Waals surface area contributed by atoms with E-state index < -0.39 is 57.6 Å². The first-order valence-corrected chi connectivity index (χ1v) is 19.0. The van der Waals surface area contributed by atoms with Crippen molar-refractivity contribution in [3.05, 3.63) is 69.0 Å². The van der Waals surface area contributed by atoms with Gasteiger partial charge in [-0.2, -0.15) is 0 Å². The first-order valence-electron chi connectivity index (χ1n) is 12.6. The monoisotopic (exact) mass is 558 g/mol. The minimum Gasteiger partial charge on any atom is -0.459 e. The van der Waals surface area contributed by atoms with Gasteiger partial charge >= 0.3 is 11.7 Å². The van der Waals surface area contributed by atoms with Gasteiger partial charge in [-0.3, -0.25) is 14.3 Å². The zero-order valence-corrected chi connectivity index (χ0v) is 25.3. The zero-order valence-electron chi connectivity index (χ0n) is 23.3. The number of aliphatic hydroxyl groups is 1. The predicted octanol–water partition coefficient (Wildman–Crippen LogP) is 3.29. The average molecular weight is 559 g/mol.